The Balaban J connectivity index is 1.87. The summed E-state index contributed by atoms with van der Waals surface area (Å²) in [6.45, 7) is 0. The van der Waals surface area contributed by atoms with Crippen molar-refractivity contribution in [3.8, 4) is 0 Å². The largest absolute Gasteiger partial charge is 0.405 e. The second kappa shape index (κ2) is 4.97. The molecule has 2 aromatic carbocycles. The summed E-state index contributed by atoms with van der Waals surface area (Å²) >= 11 is 0. The van der Waals surface area contributed by atoms with Gasteiger partial charge in [-0.05, 0) is 11.5 Å². The molecule has 1 aromatic heterocycles. The molecule has 0 aliphatic rings. The molecule has 0 unspecified atom stereocenters. The van der Waals surface area contributed by atoms with Crippen LogP contribution < -0.4 is 4.68 Å². The Bertz CT molecular complexity index is 769. The van der Waals surface area contributed by atoms with Gasteiger partial charge in [-0.3, -0.25) is 10.1 Å². The summed E-state index contributed by atoms with van der Waals surface area (Å²) in [7, 11) is 0. The highest BCUT2D eigenvalue weighted by atomic mass is 16.6. The number of pyridine rings is 1. The number of nitrogens with zero attached hydrogens (tertiary/aromatic N) is 3. The zero-order chi connectivity index (χ0) is 13.9. The normalized spacial score (nSPS) is 10.4. The molecular formula is C15H11N3O2. The van der Waals surface area contributed by atoms with Crippen molar-refractivity contribution in [2.75, 3.05) is 0 Å². The van der Waals surface area contributed by atoms with Gasteiger partial charge in [-0.1, -0.05) is 36.0 Å². The van der Waals surface area contributed by atoms with E-state index in [4.69, 9.17) is 0 Å². The lowest BCUT2D eigenvalue weighted by molar-refractivity contribution is -0.617. The number of fused-ring (bicyclic) bond motifs is 1. The molecule has 1 heterocycles. The number of rotatable bonds is 3. The van der Waals surface area contributed by atoms with Crippen molar-refractivity contribution >= 4 is 22.1 Å². The monoisotopic (exact) mass is 265 g/mol. The summed E-state index contributed by atoms with van der Waals surface area (Å²) in [6.07, 6.45) is 3.76. The molecule has 5 heteroatoms. The second-order valence-electron chi connectivity index (χ2n) is 4.33. The first kappa shape index (κ1) is 12.1. The van der Waals surface area contributed by atoms with E-state index in [-0.39, 0.29) is 5.69 Å². The number of nitro groups is 1. The van der Waals surface area contributed by atoms with Crippen LogP contribution in [0, 0.1) is 10.1 Å². The van der Waals surface area contributed by atoms with Crippen LogP contribution in [0.2, 0.25) is 0 Å². The average Bonchev–Trinajstić information content (AvgIpc) is 2.48. The number of nitro benzene ring substituents is 1. The van der Waals surface area contributed by atoms with Crippen LogP contribution >= 0.6 is 0 Å². The molecule has 20 heavy (non-hydrogen) atoms. The molecule has 98 valence electrons. The van der Waals surface area contributed by atoms with Gasteiger partial charge >= 0.3 is 0 Å². The van der Waals surface area contributed by atoms with E-state index in [1.54, 1.807) is 16.8 Å². The molecule has 0 N–H and O–H groups in total. The molecule has 0 spiro atoms. The first-order chi connectivity index (χ1) is 9.72. The van der Waals surface area contributed by atoms with Gasteiger partial charge in [-0.25, -0.2) is 4.68 Å². The van der Waals surface area contributed by atoms with Gasteiger partial charge in [0, 0.05) is 23.6 Å². The summed E-state index contributed by atoms with van der Waals surface area (Å²) in [4.78, 5) is 10.2. The Labute approximate surface area is 115 Å². The third kappa shape index (κ3) is 2.42. The summed E-state index contributed by atoms with van der Waals surface area (Å²) in [5, 5.41) is 12.8. The standard InChI is InChI=1S/C15H11N3O2/c19-18(20)15-7-5-14(6-8-15)16-17-10-9-12-3-1-2-4-13(12)11-17/h1-11H. The molecule has 0 radical (unpaired) electrons. The lowest BCUT2D eigenvalue weighted by atomic mass is 10.2. The molecular weight excluding hydrogens is 254 g/mol. The van der Waals surface area contributed by atoms with Crippen LogP contribution in [0.15, 0.2) is 67.0 Å². The van der Waals surface area contributed by atoms with Crippen LogP contribution in [0.5, 0.6) is 0 Å². The van der Waals surface area contributed by atoms with Crippen molar-refractivity contribution in [1.29, 1.82) is 0 Å². The van der Waals surface area contributed by atoms with E-state index < -0.39 is 4.92 Å². The maximum atomic E-state index is 10.6. The summed E-state index contributed by atoms with van der Waals surface area (Å²) in [5.74, 6) is 0. The Kier molecular flexibility index (Phi) is 3.01. The van der Waals surface area contributed by atoms with Gasteiger partial charge in [0.15, 0.2) is 12.4 Å². The number of non-ortho nitro benzene ring substituents is 1. The van der Waals surface area contributed by atoms with Crippen molar-refractivity contribution < 1.29 is 9.60 Å². The first-order valence-electron chi connectivity index (χ1n) is 6.09. The Morgan fingerprint density at radius 2 is 1.65 bits per heavy atom. The van der Waals surface area contributed by atoms with Crippen LogP contribution in [0.1, 0.15) is 0 Å². The van der Waals surface area contributed by atoms with Crippen molar-refractivity contribution in [3.05, 3.63) is 82.5 Å². The Morgan fingerprint density at radius 1 is 0.950 bits per heavy atom. The third-order valence-electron chi connectivity index (χ3n) is 2.97. The van der Waals surface area contributed by atoms with Gasteiger partial charge in [-0.2, -0.15) is 0 Å². The number of hydrogen-bond donors (Lipinski definition) is 0. The molecule has 0 aliphatic carbocycles. The van der Waals surface area contributed by atoms with Crippen molar-refractivity contribution in [1.82, 2.24) is 0 Å². The maximum absolute atomic E-state index is 10.6. The number of benzene rings is 2. The zero-order valence-corrected chi connectivity index (χ0v) is 10.5. The fourth-order valence-corrected chi connectivity index (χ4v) is 1.96. The average molecular weight is 265 g/mol. The van der Waals surface area contributed by atoms with E-state index in [1.807, 2.05) is 42.7 Å². The van der Waals surface area contributed by atoms with Gasteiger partial charge in [-0.15, -0.1) is 0 Å². The van der Waals surface area contributed by atoms with Crippen molar-refractivity contribution in [2.24, 2.45) is 0 Å². The summed E-state index contributed by atoms with van der Waals surface area (Å²) in [5.41, 5.74) is 5.11. The molecule has 0 amide bonds. The number of aromatic nitrogens is 1. The van der Waals surface area contributed by atoms with E-state index in [2.05, 4.69) is 5.43 Å². The minimum absolute atomic E-state index is 0.0625. The van der Waals surface area contributed by atoms with Crippen molar-refractivity contribution in [2.45, 2.75) is 0 Å². The predicted octanol–water partition coefficient (Wildman–Crippen LogP) is 3.50. The van der Waals surface area contributed by atoms with Crippen LogP contribution in [0.3, 0.4) is 0 Å². The van der Waals surface area contributed by atoms with E-state index >= 15 is 0 Å². The van der Waals surface area contributed by atoms with Gasteiger partial charge in [0.25, 0.3) is 5.69 Å². The molecule has 3 aromatic rings. The van der Waals surface area contributed by atoms with Crippen LogP contribution in [-0.4, -0.2) is 4.92 Å². The fourth-order valence-electron chi connectivity index (χ4n) is 1.96. The highest BCUT2D eigenvalue weighted by Gasteiger charge is 2.02. The topological polar surface area (TPSA) is 61.1 Å². The molecule has 5 nitrogen and oxygen atoms in total. The molecule has 0 atom stereocenters. The van der Waals surface area contributed by atoms with Gasteiger partial charge in [0.1, 0.15) is 0 Å². The van der Waals surface area contributed by atoms with Crippen molar-refractivity contribution in [3.63, 3.8) is 0 Å². The minimum Gasteiger partial charge on any atom is -0.405 e. The quantitative estimate of drug-likeness (QED) is 0.413. The van der Waals surface area contributed by atoms with E-state index in [0.717, 1.165) is 10.8 Å². The molecule has 0 fully saturated rings. The third-order valence-corrected chi connectivity index (χ3v) is 2.97. The maximum Gasteiger partial charge on any atom is 0.269 e. The molecule has 0 saturated carbocycles. The van der Waals surface area contributed by atoms with Crippen LogP contribution in [0.4, 0.5) is 11.4 Å². The minimum atomic E-state index is -0.424. The van der Waals surface area contributed by atoms with E-state index in [1.165, 1.54) is 12.1 Å². The predicted molar refractivity (Wildman–Crippen MR) is 75.7 cm³/mol. The zero-order valence-electron chi connectivity index (χ0n) is 10.5. The first-order valence-corrected chi connectivity index (χ1v) is 6.09. The van der Waals surface area contributed by atoms with Gasteiger partial charge < -0.3 is 5.43 Å². The van der Waals surface area contributed by atoms with E-state index in [9.17, 15) is 10.1 Å². The smallest absolute Gasteiger partial charge is 0.269 e. The Morgan fingerprint density at radius 3 is 2.35 bits per heavy atom. The summed E-state index contributed by atoms with van der Waals surface area (Å²) in [6, 6.07) is 16.1. The lowest BCUT2D eigenvalue weighted by Gasteiger charge is -2.13. The SMILES string of the molecule is O=[N+]([O-])c1ccc([N-][n+]2ccc3ccccc3c2)cc1. The highest BCUT2D eigenvalue weighted by molar-refractivity contribution is 5.80. The fraction of sp³-hybridized carbons (Fsp3) is 0. The van der Waals surface area contributed by atoms with Gasteiger partial charge in [0.2, 0.25) is 0 Å². The van der Waals surface area contributed by atoms with Crippen LogP contribution in [0.25, 0.3) is 16.2 Å². The second-order valence-corrected chi connectivity index (χ2v) is 4.33. The molecule has 3 rings (SSSR count). The molecule has 0 bridgehead atoms. The van der Waals surface area contributed by atoms with Gasteiger partial charge in [0.05, 0.1) is 4.92 Å². The summed E-state index contributed by atoms with van der Waals surface area (Å²) < 4.78 is 1.70. The van der Waals surface area contributed by atoms with E-state index in [0.29, 0.717) is 5.69 Å². The highest BCUT2D eigenvalue weighted by Crippen LogP contribution is 2.20. The molecule has 0 aliphatic heterocycles. The molecule has 0 saturated heterocycles. The van der Waals surface area contributed by atoms with Crippen LogP contribution in [-0.2, 0) is 0 Å². The Hall–Kier alpha value is -2.95. The number of hydrogen-bond acceptors (Lipinski definition) is 2. The lowest BCUT2D eigenvalue weighted by Crippen LogP contribution is -2.26.